The van der Waals surface area contributed by atoms with Crippen molar-refractivity contribution in [3.63, 3.8) is 0 Å². The highest BCUT2D eigenvalue weighted by molar-refractivity contribution is 6.35. The Hall–Kier alpha value is -1.03. The molecule has 2 rings (SSSR count). The Labute approximate surface area is 126 Å². The smallest absolute Gasteiger partial charge is 0.138 e. The molecule has 0 fully saturated rings. The van der Waals surface area contributed by atoms with E-state index < -0.39 is 0 Å². The maximum Gasteiger partial charge on any atom is 0.138 e. The van der Waals surface area contributed by atoms with Crippen LogP contribution in [0, 0.1) is 0 Å². The number of hydrogen-bond donors (Lipinski definition) is 1. The van der Waals surface area contributed by atoms with E-state index in [9.17, 15) is 0 Å². The standard InChI is InChI=1S/C13H12Cl3N3/c1-7(2)11-12(16)17-6-18-13(11)19-10-5-8(14)3-4-9(10)15/h3-7H,1-2H3,(H,17,18,19). The second-order valence-electron chi connectivity index (χ2n) is 4.33. The highest BCUT2D eigenvalue weighted by Gasteiger charge is 2.14. The van der Waals surface area contributed by atoms with Crippen LogP contribution in [0.5, 0.6) is 0 Å². The number of rotatable bonds is 3. The van der Waals surface area contributed by atoms with E-state index in [0.29, 0.717) is 26.7 Å². The minimum Gasteiger partial charge on any atom is -0.339 e. The lowest BCUT2D eigenvalue weighted by atomic mass is 10.1. The van der Waals surface area contributed by atoms with Crippen molar-refractivity contribution >= 4 is 46.3 Å². The summed E-state index contributed by atoms with van der Waals surface area (Å²) in [7, 11) is 0. The first-order chi connectivity index (χ1) is 8.99. The first-order valence-corrected chi connectivity index (χ1v) is 6.85. The first kappa shape index (κ1) is 14.4. The van der Waals surface area contributed by atoms with E-state index in [2.05, 4.69) is 15.3 Å². The van der Waals surface area contributed by atoms with Crippen molar-refractivity contribution in [1.29, 1.82) is 0 Å². The molecule has 0 spiro atoms. The van der Waals surface area contributed by atoms with Crippen LogP contribution in [0.15, 0.2) is 24.5 Å². The van der Waals surface area contributed by atoms with Crippen LogP contribution in [-0.2, 0) is 0 Å². The molecule has 6 heteroatoms. The third kappa shape index (κ3) is 3.30. The number of nitrogens with zero attached hydrogens (tertiary/aromatic N) is 2. The molecule has 2 aromatic rings. The highest BCUT2D eigenvalue weighted by Crippen LogP contribution is 2.33. The molecule has 1 heterocycles. The number of aromatic nitrogens is 2. The van der Waals surface area contributed by atoms with Gasteiger partial charge in [0.25, 0.3) is 0 Å². The molecule has 0 aliphatic heterocycles. The minimum absolute atomic E-state index is 0.189. The summed E-state index contributed by atoms with van der Waals surface area (Å²) < 4.78 is 0. The third-order valence-electron chi connectivity index (χ3n) is 2.59. The second-order valence-corrected chi connectivity index (χ2v) is 5.53. The summed E-state index contributed by atoms with van der Waals surface area (Å²) in [6, 6.07) is 5.19. The monoisotopic (exact) mass is 315 g/mol. The quantitative estimate of drug-likeness (QED) is 0.780. The first-order valence-electron chi connectivity index (χ1n) is 5.71. The van der Waals surface area contributed by atoms with Crippen molar-refractivity contribution in [2.24, 2.45) is 0 Å². The molecule has 100 valence electrons. The number of nitrogens with one attached hydrogen (secondary N) is 1. The predicted molar refractivity (Wildman–Crippen MR) is 80.9 cm³/mol. The van der Waals surface area contributed by atoms with Crippen LogP contribution in [0.3, 0.4) is 0 Å². The molecule has 1 N–H and O–H groups in total. The van der Waals surface area contributed by atoms with Crippen molar-refractivity contribution in [2.75, 3.05) is 5.32 Å². The van der Waals surface area contributed by atoms with Crippen LogP contribution < -0.4 is 5.32 Å². The molecule has 1 aromatic heterocycles. The molecular formula is C13H12Cl3N3. The average Bonchev–Trinajstić information content (AvgIpc) is 2.33. The van der Waals surface area contributed by atoms with E-state index in [1.54, 1.807) is 18.2 Å². The van der Waals surface area contributed by atoms with Crippen LogP contribution >= 0.6 is 34.8 Å². The fraction of sp³-hybridized carbons (Fsp3) is 0.231. The van der Waals surface area contributed by atoms with E-state index in [1.165, 1.54) is 6.33 Å². The SMILES string of the molecule is CC(C)c1c(Cl)ncnc1Nc1cc(Cl)ccc1Cl. The van der Waals surface area contributed by atoms with E-state index in [-0.39, 0.29) is 5.92 Å². The van der Waals surface area contributed by atoms with Gasteiger partial charge in [0.2, 0.25) is 0 Å². The lowest BCUT2D eigenvalue weighted by Crippen LogP contribution is -2.03. The van der Waals surface area contributed by atoms with E-state index >= 15 is 0 Å². The third-order valence-corrected chi connectivity index (χ3v) is 3.46. The van der Waals surface area contributed by atoms with Gasteiger partial charge in [-0.25, -0.2) is 9.97 Å². The average molecular weight is 317 g/mol. The van der Waals surface area contributed by atoms with E-state index in [0.717, 1.165) is 5.56 Å². The fourth-order valence-corrected chi connectivity index (χ4v) is 2.39. The summed E-state index contributed by atoms with van der Waals surface area (Å²) in [5.74, 6) is 0.827. The fourth-order valence-electron chi connectivity index (χ4n) is 1.71. The summed E-state index contributed by atoms with van der Waals surface area (Å²) in [6.07, 6.45) is 1.41. The predicted octanol–water partition coefficient (Wildman–Crippen LogP) is 5.30. The van der Waals surface area contributed by atoms with Crippen molar-refractivity contribution in [3.8, 4) is 0 Å². The molecule has 19 heavy (non-hydrogen) atoms. The van der Waals surface area contributed by atoms with Gasteiger partial charge in [-0.1, -0.05) is 48.7 Å². The van der Waals surface area contributed by atoms with Gasteiger partial charge in [-0.05, 0) is 24.1 Å². The largest absolute Gasteiger partial charge is 0.339 e. The Kier molecular flexibility index (Phi) is 4.50. The zero-order valence-electron chi connectivity index (χ0n) is 10.4. The summed E-state index contributed by atoms with van der Waals surface area (Å²) in [6.45, 7) is 4.05. The van der Waals surface area contributed by atoms with Gasteiger partial charge in [-0.3, -0.25) is 0 Å². The Morgan fingerprint density at radius 1 is 1.11 bits per heavy atom. The Morgan fingerprint density at radius 2 is 1.84 bits per heavy atom. The van der Waals surface area contributed by atoms with Gasteiger partial charge in [0.05, 0.1) is 10.7 Å². The van der Waals surface area contributed by atoms with Gasteiger partial charge in [-0.2, -0.15) is 0 Å². The molecule has 0 bridgehead atoms. The summed E-state index contributed by atoms with van der Waals surface area (Å²) in [5, 5.41) is 4.75. The molecule has 0 aliphatic carbocycles. The molecule has 0 saturated carbocycles. The molecule has 0 atom stereocenters. The van der Waals surface area contributed by atoms with Crippen molar-refractivity contribution < 1.29 is 0 Å². The van der Waals surface area contributed by atoms with Gasteiger partial charge in [0, 0.05) is 10.6 Å². The zero-order valence-corrected chi connectivity index (χ0v) is 12.7. The Balaban J connectivity index is 2.44. The number of benzene rings is 1. The van der Waals surface area contributed by atoms with Gasteiger partial charge < -0.3 is 5.32 Å². The highest BCUT2D eigenvalue weighted by atomic mass is 35.5. The Bertz CT molecular complexity index is 600. The normalized spacial score (nSPS) is 10.8. The van der Waals surface area contributed by atoms with Gasteiger partial charge >= 0.3 is 0 Å². The van der Waals surface area contributed by atoms with E-state index in [4.69, 9.17) is 34.8 Å². The molecule has 0 amide bonds. The summed E-state index contributed by atoms with van der Waals surface area (Å²) in [4.78, 5) is 8.22. The lowest BCUT2D eigenvalue weighted by Gasteiger charge is -2.15. The maximum absolute atomic E-state index is 6.12. The molecule has 0 unspecified atom stereocenters. The Morgan fingerprint density at radius 3 is 2.53 bits per heavy atom. The number of hydrogen-bond acceptors (Lipinski definition) is 3. The minimum atomic E-state index is 0.189. The van der Waals surface area contributed by atoms with Crippen LogP contribution in [0.2, 0.25) is 15.2 Å². The van der Waals surface area contributed by atoms with Gasteiger partial charge in [-0.15, -0.1) is 0 Å². The maximum atomic E-state index is 6.12. The number of anilines is 2. The molecular weight excluding hydrogens is 305 g/mol. The van der Waals surface area contributed by atoms with E-state index in [1.807, 2.05) is 13.8 Å². The van der Waals surface area contributed by atoms with Crippen LogP contribution in [0.1, 0.15) is 25.3 Å². The van der Waals surface area contributed by atoms with Crippen molar-refractivity contribution in [2.45, 2.75) is 19.8 Å². The molecule has 0 saturated heterocycles. The number of halogens is 3. The van der Waals surface area contributed by atoms with Crippen molar-refractivity contribution in [1.82, 2.24) is 9.97 Å². The molecule has 0 aliphatic rings. The zero-order chi connectivity index (χ0) is 14.0. The van der Waals surface area contributed by atoms with Crippen LogP contribution in [-0.4, -0.2) is 9.97 Å². The summed E-state index contributed by atoms with van der Waals surface area (Å²) in [5.41, 5.74) is 1.53. The van der Waals surface area contributed by atoms with Gasteiger partial charge in [0.15, 0.2) is 0 Å². The van der Waals surface area contributed by atoms with Gasteiger partial charge in [0.1, 0.15) is 17.3 Å². The van der Waals surface area contributed by atoms with Crippen LogP contribution in [0.25, 0.3) is 0 Å². The van der Waals surface area contributed by atoms with Crippen molar-refractivity contribution in [3.05, 3.63) is 45.3 Å². The second kappa shape index (κ2) is 5.95. The topological polar surface area (TPSA) is 37.8 Å². The summed E-state index contributed by atoms with van der Waals surface area (Å²) >= 11 is 18.2. The molecule has 3 nitrogen and oxygen atoms in total. The lowest BCUT2D eigenvalue weighted by molar-refractivity contribution is 0.850. The van der Waals surface area contributed by atoms with Crippen LogP contribution in [0.4, 0.5) is 11.5 Å². The molecule has 0 radical (unpaired) electrons. The molecule has 1 aromatic carbocycles.